The van der Waals surface area contributed by atoms with Crippen molar-refractivity contribution in [2.24, 2.45) is 4.99 Å². The molecule has 124 valence electrons. The van der Waals surface area contributed by atoms with Crippen molar-refractivity contribution >= 4 is 34.4 Å². The van der Waals surface area contributed by atoms with Crippen LogP contribution in [0, 0.1) is 12.7 Å². The summed E-state index contributed by atoms with van der Waals surface area (Å²) in [5, 5.41) is 0.734. The molecule has 1 aliphatic heterocycles. The lowest BCUT2D eigenvalue weighted by molar-refractivity contribution is 0.0856. The number of aliphatic imine (C=N–C) groups is 1. The van der Waals surface area contributed by atoms with Crippen LogP contribution in [0.2, 0.25) is 5.02 Å². The molecule has 1 aliphatic rings. The smallest absolute Gasteiger partial charge is 0.264 e. The summed E-state index contributed by atoms with van der Waals surface area (Å²) in [5.41, 5.74) is 2.29. The van der Waals surface area contributed by atoms with Gasteiger partial charge in [0.25, 0.3) is 5.91 Å². The van der Waals surface area contributed by atoms with Gasteiger partial charge in [-0.1, -0.05) is 53.7 Å². The third-order valence-corrected chi connectivity index (χ3v) is 5.22. The van der Waals surface area contributed by atoms with Gasteiger partial charge in [0, 0.05) is 12.3 Å². The second kappa shape index (κ2) is 7.36. The van der Waals surface area contributed by atoms with E-state index in [1.54, 1.807) is 0 Å². The van der Waals surface area contributed by atoms with Gasteiger partial charge in [-0.2, -0.15) is 0 Å². The van der Waals surface area contributed by atoms with Gasteiger partial charge in [-0.15, -0.1) is 0 Å². The van der Waals surface area contributed by atoms with E-state index in [0.717, 1.165) is 0 Å². The number of amides is 1. The van der Waals surface area contributed by atoms with Gasteiger partial charge in [0.05, 0.1) is 17.1 Å². The molecule has 1 amide bonds. The highest BCUT2D eigenvalue weighted by molar-refractivity contribution is 8.13. The molecule has 2 aromatic carbocycles. The SMILES string of the molecule is Cc1ccccc1CSC1=NCCN1C(=O)c1c(F)cccc1Cl. The molecule has 0 aliphatic carbocycles. The molecule has 0 atom stereocenters. The molecular formula is C18H16ClFN2OS. The molecule has 0 radical (unpaired) electrons. The normalized spacial score (nSPS) is 14.0. The molecule has 3 nitrogen and oxygen atoms in total. The van der Waals surface area contributed by atoms with E-state index < -0.39 is 11.7 Å². The van der Waals surface area contributed by atoms with Crippen LogP contribution in [-0.2, 0) is 5.75 Å². The highest BCUT2D eigenvalue weighted by Crippen LogP contribution is 2.26. The monoisotopic (exact) mass is 362 g/mol. The maximum atomic E-state index is 14.0. The van der Waals surface area contributed by atoms with E-state index in [1.807, 2.05) is 25.1 Å². The van der Waals surface area contributed by atoms with E-state index in [0.29, 0.717) is 24.0 Å². The van der Waals surface area contributed by atoms with Crippen LogP contribution < -0.4 is 0 Å². The fraction of sp³-hybridized carbons (Fsp3) is 0.222. The number of hydrogen-bond acceptors (Lipinski definition) is 3. The summed E-state index contributed by atoms with van der Waals surface area (Å²) >= 11 is 7.49. The number of rotatable bonds is 3. The van der Waals surface area contributed by atoms with E-state index in [2.05, 4.69) is 11.1 Å². The standard InChI is InChI=1S/C18H16ClFN2OS/c1-12-5-2-3-6-13(12)11-24-18-21-9-10-22(18)17(23)16-14(19)7-4-8-15(16)20/h2-8H,9-11H2,1H3. The highest BCUT2D eigenvalue weighted by atomic mass is 35.5. The van der Waals surface area contributed by atoms with Crippen LogP contribution in [0.5, 0.6) is 0 Å². The lowest BCUT2D eigenvalue weighted by Gasteiger charge is -2.19. The first-order valence-corrected chi connectivity index (χ1v) is 8.92. The molecule has 0 spiro atoms. The molecule has 0 N–H and O–H groups in total. The molecule has 0 saturated carbocycles. The van der Waals surface area contributed by atoms with Gasteiger partial charge in [0.15, 0.2) is 5.17 Å². The van der Waals surface area contributed by atoms with Gasteiger partial charge >= 0.3 is 0 Å². The third kappa shape index (κ3) is 3.47. The Labute approximate surface area is 149 Å². The van der Waals surface area contributed by atoms with Gasteiger partial charge in [-0.3, -0.25) is 14.7 Å². The Morgan fingerprint density at radius 2 is 2.08 bits per heavy atom. The van der Waals surface area contributed by atoms with E-state index in [9.17, 15) is 9.18 Å². The van der Waals surface area contributed by atoms with Gasteiger partial charge in [0.2, 0.25) is 0 Å². The summed E-state index contributed by atoms with van der Waals surface area (Å²) in [7, 11) is 0. The largest absolute Gasteiger partial charge is 0.285 e. The molecule has 3 rings (SSSR count). The van der Waals surface area contributed by atoms with Crippen molar-refractivity contribution in [3.05, 3.63) is 70.0 Å². The van der Waals surface area contributed by atoms with Gasteiger partial charge in [0.1, 0.15) is 5.82 Å². The highest BCUT2D eigenvalue weighted by Gasteiger charge is 2.28. The van der Waals surface area contributed by atoms with Crippen molar-refractivity contribution in [3.8, 4) is 0 Å². The van der Waals surface area contributed by atoms with Crippen LogP contribution in [0.3, 0.4) is 0 Å². The molecule has 6 heteroatoms. The Bertz CT molecular complexity index is 789. The zero-order valence-corrected chi connectivity index (χ0v) is 14.7. The number of hydrogen-bond donors (Lipinski definition) is 0. The number of benzene rings is 2. The Kier molecular flexibility index (Phi) is 5.21. The first-order chi connectivity index (χ1) is 11.6. The minimum atomic E-state index is -0.609. The maximum Gasteiger partial charge on any atom is 0.264 e. The van der Waals surface area contributed by atoms with Crippen molar-refractivity contribution in [2.75, 3.05) is 13.1 Å². The molecule has 0 unspecified atom stereocenters. The van der Waals surface area contributed by atoms with E-state index in [1.165, 1.54) is 46.0 Å². The number of halogens is 2. The van der Waals surface area contributed by atoms with Crippen molar-refractivity contribution in [2.45, 2.75) is 12.7 Å². The summed E-state index contributed by atoms with van der Waals surface area (Å²) in [6.07, 6.45) is 0. The molecule has 0 saturated heterocycles. The van der Waals surface area contributed by atoms with E-state index in [-0.39, 0.29) is 10.6 Å². The second-order valence-electron chi connectivity index (χ2n) is 5.43. The minimum Gasteiger partial charge on any atom is -0.285 e. The predicted octanol–water partition coefficient (Wildman–Crippen LogP) is 4.53. The first-order valence-electron chi connectivity index (χ1n) is 7.55. The lowest BCUT2D eigenvalue weighted by atomic mass is 10.1. The Morgan fingerprint density at radius 1 is 1.29 bits per heavy atom. The Balaban J connectivity index is 1.76. The number of amidine groups is 1. The van der Waals surface area contributed by atoms with Gasteiger partial charge < -0.3 is 0 Å². The van der Waals surface area contributed by atoms with Crippen LogP contribution in [0.1, 0.15) is 21.5 Å². The van der Waals surface area contributed by atoms with Crippen LogP contribution in [-0.4, -0.2) is 29.1 Å². The van der Waals surface area contributed by atoms with Gasteiger partial charge in [-0.25, -0.2) is 4.39 Å². The summed E-state index contributed by atoms with van der Waals surface area (Å²) in [6, 6.07) is 12.3. The number of aryl methyl sites for hydroxylation is 1. The summed E-state index contributed by atoms with van der Waals surface area (Å²) in [6.45, 7) is 3.02. The van der Waals surface area contributed by atoms with Crippen LogP contribution in [0.25, 0.3) is 0 Å². The van der Waals surface area contributed by atoms with Crippen LogP contribution >= 0.6 is 23.4 Å². The fourth-order valence-electron chi connectivity index (χ4n) is 2.49. The van der Waals surface area contributed by atoms with Crippen molar-refractivity contribution < 1.29 is 9.18 Å². The summed E-state index contributed by atoms with van der Waals surface area (Å²) in [4.78, 5) is 18.6. The van der Waals surface area contributed by atoms with Crippen molar-refractivity contribution in [1.82, 2.24) is 4.90 Å². The average Bonchev–Trinajstić information content (AvgIpc) is 3.02. The number of thioether (sulfide) groups is 1. The van der Waals surface area contributed by atoms with Gasteiger partial charge in [-0.05, 0) is 30.2 Å². The fourth-order valence-corrected chi connectivity index (χ4v) is 3.85. The molecule has 0 fully saturated rings. The summed E-state index contributed by atoms with van der Waals surface area (Å²) in [5.74, 6) is -0.338. The lowest BCUT2D eigenvalue weighted by Crippen LogP contribution is -2.33. The first kappa shape index (κ1) is 17.0. The molecule has 0 aromatic heterocycles. The average molecular weight is 363 g/mol. The topological polar surface area (TPSA) is 32.7 Å². The molecule has 2 aromatic rings. The third-order valence-electron chi connectivity index (χ3n) is 3.84. The quantitative estimate of drug-likeness (QED) is 0.803. The summed E-state index contributed by atoms with van der Waals surface area (Å²) < 4.78 is 14.0. The van der Waals surface area contributed by atoms with Crippen LogP contribution in [0.15, 0.2) is 47.5 Å². The van der Waals surface area contributed by atoms with Crippen molar-refractivity contribution in [3.63, 3.8) is 0 Å². The zero-order chi connectivity index (χ0) is 17.1. The maximum absolute atomic E-state index is 14.0. The van der Waals surface area contributed by atoms with Crippen LogP contribution in [0.4, 0.5) is 4.39 Å². The van der Waals surface area contributed by atoms with E-state index >= 15 is 0 Å². The zero-order valence-electron chi connectivity index (χ0n) is 13.1. The molecule has 1 heterocycles. The second-order valence-corrected chi connectivity index (χ2v) is 6.78. The number of carbonyl (C=O) groups excluding carboxylic acids is 1. The molecule has 24 heavy (non-hydrogen) atoms. The number of nitrogens with zero attached hydrogens (tertiary/aromatic N) is 2. The predicted molar refractivity (Wildman–Crippen MR) is 97.2 cm³/mol. The Morgan fingerprint density at radius 3 is 2.83 bits per heavy atom. The minimum absolute atomic E-state index is 0.0924. The van der Waals surface area contributed by atoms with Crippen molar-refractivity contribution in [1.29, 1.82) is 0 Å². The Hall–Kier alpha value is -1.85. The molecular weight excluding hydrogens is 347 g/mol. The van der Waals surface area contributed by atoms with E-state index in [4.69, 9.17) is 11.6 Å². The molecule has 0 bridgehead atoms. The number of carbonyl (C=O) groups is 1.